The zero-order valence-corrected chi connectivity index (χ0v) is 9.71. The van der Waals surface area contributed by atoms with Crippen LogP contribution in [0.5, 0.6) is 0 Å². The first-order valence-corrected chi connectivity index (χ1v) is 5.59. The van der Waals surface area contributed by atoms with Gasteiger partial charge in [-0.25, -0.2) is 0 Å². The van der Waals surface area contributed by atoms with E-state index in [0.717, 1.165) is 12.5 Å². The van der Waals surface area contributed by atoms with Crippen LogP contribution in [0.3, 0.4) is 0 Å². The quantitative estimate of drug-likeness (QED) is 0.646. The van der Waals surface area contributed by atoms with Gasteiger partial charge in [0, 0.05) is 6.54 Å². The maximum atomic E-state index is 8.56. The van der Waals surface area contributed by atoms with Crippen LogP contribution in [0, 0.1) is 22.7 Å². The first kappa shape index (κ1) is 11.5. The van der Waals surface area contributed by atoms with Crippen LogP contribution in [0.25, 0.3) is 0 Å². The standard InChI is InChI=1S/C12H22N2/c1-12(2)6-4-11(5-7-12)10-14(3)9-8-13/h11H,4-7,9-10H2,1-3H3. The van der Waals surface area contributed by atoms with Gasteiger partial charge in [0.05, 0.1) is 12.6 Å². The predicted molar refractivity (Wildman–Crippen MR) is 58.8 cm³/mol. The third-order valence-electron chi connectivity index (χ3n) is 3.37. The van der Waals surface area contributed by atoms with Crippen LogP contribution in [0.15, 0.2) is 0 Å². The van der Waals surface area contributed by atoms with Crippen LogP contribution in [-0.2, 0) is 0 Å². The fourth-order valence-corrected chi connectivity index (χ4v) is 2.27. The molecule has 1 aliphatic carbocycles. The molecule has 0 heterocycles. The van der Waals surface area contributed by atoms with E-state index in [9.17, 15) is 0 Å². The maximum Gasteiger partial charge on any atom is 0.0863 e. The summed E-state index contributed by atoms with van der Waals surface area (Å²) in [4.78, 5) is 2.14. The molecule has 1 rings (SSSR count). The van der Waals surface area contributed by atoms with E-state index in [4.69, 9.17) is 5.26 Å². The molecule has 0 saturated heterocycles. The van der Waals surface area contributed by atoms with Crippen LogP contribution in [0.4, 0.5) is 0 Å². The van der Waals surface area contributed by atoms with Gasteiger partial charge in [-0.15, -0.1) is 0 Å². The third kappa shape index (κ3) is 3.67. The summed E-state index contributed by atoms with van der Waals surface area (Å²) in [6.45, 7) is 6.40. The smallest absolute Gasteiger partial charge is 0.0863 e. The van der Waals surface area contributed by atoms with Crippen molar-refractivity contribution in [3.63, 3.8) is 0 Å². The summed E-state index contributed by atoms with van der Waals surface area (Å²) in [6.07, 6.45) is 5.36. The van der Waals surface area contributed by atoms with Gasteiger partial charge in [0.1, 0.15) is 0 Å². The van der Waals surface area contributed by atoms with Crippen molar-refractivity contribution in [2.75, 3.05) is 20.1 Å². The second-order valence-corrected chi connectivity index (χ2v) is 5.46. The lowest BCUT2D eigenvalue weighted by Gasteiger charge is -2.35. The lowest BCUT2D eigenvalue weighted by Crippen LogP contribution is -2.30. The molecule has 1 aliphatic rings. The van der Waals surface area contributed by atoms with Gasteiger partial charge in [-0.2, -0.15) is 5.26 Å². The highest BCUT2D eigenvalue weighted by Gasteiger charge is 2.26. The first-order valence-electron chi connectivity index (χ1n) is 5.59. The number of hydrogen-bond acceptors (Lipinski definition) is 2. The largest absolute Gasteiger partial charge is 0.293 e. The molecular formula is C12H22N2. The molecule has 0 radical (unpaired) electrons. The van der Waals surface area contributed by atoms with Crippen LogP contribution >= 0.6 is 0 Å². The minimum Gasteiger partial charge on any atom is -0.293 e. The third-order valence-corrected chi connectivity index (χ3v) is 3.37. The molecule has 0 aromatic heterocycles. The summed E-state index contributed by atoms with van der Waals surface area (Å²) < 4.78 is 0. The molecule has 0 unspecified atom stereocenters. The number of hydrogen-bond donors (Lipinski definition) is 0. The van der Waals surface area contributed by atoms with Gasteiger partial charge in [0.15, 0.2) is 0 Å². The Kier molecular flexibility index (Phi) is 3.95. The van der Waals surface area contributed by atoms with E-state index in [1.807, 2.05) is 7.05 Å². The van der Waals surface area contributed by atoms with Crippen molar-refractivity contribution in [3.05, 3.63) is 0 Å². The van der Waals surface area contributed by atoms with Crippen molar-refractivity contribution < 1.29 is 0 Å². The molecule has 1 fully saturated rings. The van der Waals surface area contributed by atoms with Crippen molar-refractivity contribution in [3.8, 4) is 6.07 Å². The van der Waals surface area contributed by atoms with Gasteiger partial charge in [0.2, 0.25) is 0 Å². The second-order valence-electron chi connectivity index (χ2n) is 5.46. The summed E-state index contributed by atoms with van der Waals surface area (Å²) in [5.41, 5.74) is 0.560. The van der Waals surface area contributed by atoms with Crippen molar-refractivity contribution >= 4 is 0 Å². The lowest BCUT2D eigenvalue weighted by atomic mass is 9.73. The molecule has 0 atom stereocenters. The van der Waals surface area contributed by atoms with Gasteiger partial charge < -0.3 is 0 Å². The Hall–Kier alpha value is -0.550. The molecule has 1 saturated carbocycles. The molecule has 0 spiro atoms. The Morgan fingerprint density at radius 1 is 1.36 bits per heavy atom. The molecule has 0 N–H and O–H groups in total. The summed E-state index contributed by atoms with van der Waals surface area (Å²) in [5, 5.41) is 8.56. The minimum absolute atomic E-state index is 0.560. The molecule has 0 aliphatic heterocycles. The average molecular weight is 194 g/mol. The van der Waals surface area contributed by atoms with E-state index < -0.39 is 0 Å². The number of nitriles is 1. The zero-order chi connectivity index (χ0) is 10.6. The topological polar surface area (TPSA) is 27.0 Å². The van der Waals surface area contributed by atoms with Crippen molar-refractivity contribution in [2.24, 2.45) is 11.3 Å². The van der Waals surface area contributed by atoms with Gasteiger partial charge in [-0.1, -0.05) is 13.8 Å². The molecule has 80 valence electrons. The summed E-state index contributed by atoms with van der Waals surface area (Å²) in [6, 6.07) is 2.20. The first-order chi connectivity index (χ1) is 6.53. The van der Waals surface area contributed by atoms with Crippen molar-refractivity contribution in [1.29, 1.82) is 5.26 Å². The van der Waals surface area contributed by atoms with E-state index in [1.165, 1.54) is 25.7 Å². The van der Waals surface area contributed by atoms with E-state index in [0.29, 0.717) is 12.0 Å². The van der Waals surface area contributed by atoms with E-state index in [2.05, 4.69) is 24.8 Å². The molecule has 2 nitrogen and oxygen atoms in total. The van der Waals surface area contributed by atoms with E-state index in [1.54, 1.807) is 0 Å². The molecule has 14 heavy (non-hydrogen) atoms. The Bertz CT molecular complexity index is 205. The van der Waals surface area contributed by atoms with Crippen LogP contribution in [0.2, 0.25) is 0 Å². The number of rotatable bonds is 3. The summed E-state index contributed by atoms with van der Waals surface area (Å²) in [7, 11) is 2.04. The molecule has 0 bridgehead atoms. The molecule has 0 amide bonds. The fraction of sp³-hybridized carbons (Fsp3) is 0.917. The average Bonchev–Trinajstić information content (AvgIpc) is 2.09. The second kappa shape index (κ2) is 4.79. The highest BCUT2D eigenvalue weighted by Crippen LogP contribution is 2.37. The van der Waals surface area contributed by atoms with Crippen LogP contribution < -0.4 is 0 Å². The molecular weight excluding hydrogens is 172 g/mol. The van der Waals surface area contributed by atoms with Crippen molar-refractivity contribution in [2.45, 2.75) is 39.5 Å². The van der Waals surface area contributed by atoms with Crippen molar-refractivity contribution in [1.82, 2.24) is 4.90 Å². The SMILES string of the molecule is CN(CC#N)CC1CCC(C)(C)CC1. The van der Waals surface area contributed by atoms with E-state index in [-0.39, 0.29) is 0 Å². The normalized spacial score (nSPS) is 22.2. The maximum absolute atomic E-state index is 8.56. The van der Waals surface area contributed by atoms with Crippen LogP contribution in [0.1, 0.15) is 39.5 Å². The fourth-order valence-electron chi connectivity index (χ4n) is 2.27. The van der Waals surface area contributed by atoms with Crippen LogP contribution in [-0.4, -0.2) is 25.0 Å². The summed E-state index contributed by atoms with van der Waals surface area (Å²) >= 11 is 0. The Balaban J connectivity index is 2.26. The Morgan fingerprint density at radius 2 is 1.93 bits per heavy atom. The highest BCUT2D eigenvalue weighted by molar-refractivity contribution is 4.81. The monoisotopic (exact) mass is 194 g/mol. The van der Waals surface area contributed by atoms with E-state index >= 15 is 0 Å². The lowest BCUT2D eigenvalue weighted by molar-refractivity contribution is 0.162. The number of nitrogens with zero attached hydrogens (tertiary/aromatic N) is 2. The zero-order valence-electron chi connectivity index (χ0n) is 9.71. The molecule has 0 aromatic rings. The Labute approximate surface area is 87.9 Å². The van der Waals surface area contributed by atoms with Gasteiger partial charge in [0.25, 0.3) is 0 Å². The predicted octanol–water partition coefficient (Wildman–Crippen LogP) is 2.66. The van der Waals surface area contributed by atoms with Gasteiger partial charge in [-0.05, 0) is 44.1 Å². The van der Waals surface area contributed by atoms with Gasteiger partial charge >= 0.3 is 0 Å². The minimum atomic E-state index is 0.560. The highest BCUT2D eigenvalue weighted by atomic mass is 15.1. The molecule has 2 heteroatoms. The Morgan fingerprint density at radius 3 is 2.43 bits per heavy atom. The van der Waals surface area contributed by atoms with Gasteiger partial charge in [-0.3, -0.25) is 4.90 Å². The molecule has 0 aromatic carbocycles. The summed E-state index contributed by atoms with van der Waals surface area (Å²) in [5.74, 6) is 0.821.